The molecular formula is C29H31Cl2N5O4. The van der Waals surface area contributed by atoms with E-state index < -0.39 is 6.09 Å². The van der Waals surface area contributed by atoms with Crippen molar-refractivity contribution < 1.29 is 19.1 Å². The Kier molecular flexibility index (Phi) is 9.50. The second kappa shape index (κ2) is 13.0. The number of aromatic amines is 1. The van der Waals surface area contributed by atoms with Gasteiger partial charge in [0.15, 0.2) is 0 Å². The van der Waals surface area contributed by atoms with Gasteiger partial charge >= 0.3 is 6.09 Å². The number of H-pyrrole nitrogens is 1. The molecular weight excluding hydrogens is 553 g/mol. The zero-order valence-electron chi connectivity index (χ0n) is 22.0. The third-order valence-electron chi connectivity index (χ3n) is 7.15. The lowest BCUT2D eigenvalue weighted by Gasteiger charge is -2.36. The summed E-state index contributed by atoms with van der Waals surface area (Å²) in [6.07, 6.45) is 7.76. The number of nitrogens with one attached hydrogen (secondary N) is 3. The first kappa shape index (κ1) is 29.2. The molecule has 0 spiro atoms. The SMILES string of the molecule is COC(=O)Nc1ccc2c(c1)NC(=O)CC/C=C/C[C@H](N1CCC(c3cccc(Cl)c3)CC1=O)c1ncc-2[nH]1.Cl. The summed E-state index contributed by atoms with van der Waals surface area (Å²) in [4.78, 5) is 47.8. The maximum Gasteiger partial charge on any atom is 0.411 e. The lowest BCUT2D eigenvalue weighted by molar-refractivity contribution is -0.136. The van der Waals surface area contributed by atoms with Crippen molar-refractivity contribution in [2.45, 2.75) is 44.1 Å². The third kappa shape index (κ3) is 6.66. The molecule has 3 N–H and O–H groups in total. The molecule has 210 valence electrons. The molecule has 0 radical (unpaired) electrons. The van der Waals surface area contributed by atoms with Gasteiger partial charge < -0.3 is 19.9 Å². The van der Waals surface area contributed by atoms with Gasteiger partial charge in [0.2, 0.25) is 11.8 Å². The number of piperidine rings is 1. The Bertz CT molecular complexity index is 1420. The van der Waals surface area contributed by atoms with E-state index in [1.165, 1.54) is 7.11 Å². The van der Waals surface area contributed by atoms with Gasteiger partial charge in [0.05, 0.1) is 30.7 Å². The lowest BCUT2D eigenvalue weighted by atomic mass is 9.88. The van der Waals surface area contributed by atoms with Crippen molar-refractivity contribution in [2.75, 3.05) is 24.3 Å². The minimum atomic E-state index is -0.605. The van der Waals surface area contributed by atoms with Crippen molar-refractivity contribution in [1.29, 1.82) is 0 Å². The highest BCUT2D eigenvalue weighted by molar-refractivity contribution is 6.30. The van der Waals surface area contributed by atoms with E-state index in [0.717, 1.165) is 17.5 Å². The maximum absolute atomic E-state index is 13.4. The molecule has 2 bridgehead atoms. The van der Waals surface area contributed by atoms with Crippen LogP contribution in [0.25, 0.3) is 11.3 Å². The summed E-state index contributed by atoms with van der Waals surface area (Å²) in [5, 5.41) is 6.25. The zero-order valence-corrected chi connectivity index (χ0v) is 23.6. The van der Waals surface area contributed by atoms with E-state index in [1.807, 2.05) is 41.3 Å². The first-order valence-corrected chi connectivity index (χ1v) is 13.3. The quantitative estimate of drug-likeness (QED) is 0.306. The number of ether oxygens (including phenoxy) is 1. The van der Waals surface area contributed by atoms with Crippen LogP contribution >= 0.6 is 24.0 Å². The Hall–Kier alpha value is -3.82. The maximum atomic E-state index is 13.4. The standard InChI is InChI=1S/C29H30ClN5O4.ClH/c1-39-29(38)32-21-10-11-22-23(16-21)33-26(36)9-4-2-3-8-25(28-31-17-24(22)34-28)35-13-12-19(15-27(35)37)18-6-5-7-20(30)14-18;/h2-3,5-7,10-11,14,16-17,19,25H,4,8-9,12-13,15H2,1H3,(H,31,34)(H,32,38)(H,33,36);1H/b3-2+;/t19?,25-;/m0./s1. The number of halogens is 2. The van der Waals surface area contributed by atoms with Gasteiger partial charge in [0.1, 0.15) is 5.82 Å². The van der Waals surface area contributed by atoms with Crippen LogP contribution in [0.4, 0.5) is 16.2 Å². The van der Waals surface area contributed by atoms with E-state index in [1.54, 1.807) is 24.4 Å². The number of allylic oxidation sites excluding steroid dienone is 1. The highest BCUT2D eigenvalue weighted by atomic mass is 35.5. The highest BCUT2D eigenvalue weighted by Gasteiger charge is 2.33. The number of hydrogen-bond acceptors (Lipinski definition) is 5. The van der Waals surface area contributed by atoms with Crippen LogP contribution in [-0.2, 0) is 14.3 Å². The van der Waals surface area contributed by atoms with Gasteiger partial charge in [-0.3, -0.25) is 14.9 Å². The Labute approximate surface area is 243 Å². The van der Waals surface area contributed by atoms with Crippen molar-refractivity contribution in [2.24, 2.45) is 0 Å². The Balaban J connectivity index is 0.00000370. The molecule has 5 rings (SSSR count). The summed E-state index contributed by atoms with van der Waals surface area (Å²) in [5.74, 6) is 0.728. The van der Waals surface area contributed by atoms with Gasteiger partial charge in [-0.2, -0.15) is 0 Å². The van der Waals surface area contributed by atoms with Crippen molar-refractivity contribution in [1.82, 2.24) is 14.9 Å². The van der Waals surface area contributed by atoms with E-state index in [9.17, 15) is 14.4 Å². The minimum absolute atomic E-state index is 0. The van der Waals surface area contributed by atoms with Crippen LogP contribution in [0.5, 0.6) is 0 Å². The second-order valence-electron chi connectivity index (χ2n) is 9.70. The van der Waals surface area contributed by atoms with Gasteiger partial charge in [-0.15, -0.1) is 12.4 Å². The summed E-state index contributed by atoms with van der Waals surface area (Å²) in [5.41, 5.74) is 3.51. The Morgan fingerprint density at radius 3 is 2.80 bits per heavy atom. The largest absolute Gasteiger partial charge is 0.453 e. The van der Waals surface area contributed by atoms with Crippen molar-refractivity contribution in [3.8, 4) is 11.3 Å². The molecule has 2 atom stereocenters. The second-order valence-corrected chi connectivity index (χ2v) is 10.1. The number of carbonyl (C=O) groups is 3. The van der Waals surface area contributed by atoms with Crippen molar-refractivity contribution >= 4 is 53.3 Å². The van der Waals surface area contributed by atoms with Gasteiger partial charge in [-0.25, -0.2) is 9.78 Å². The van der Waals surface area contributed by atoms with E-state index in [2.05, 4.69) is 25.3 Å². The number of methoxy groups -OCH3 is 1. The molecule has 0 saturated carbocycles. The fraction of sp³-hybridized carbons (Fsp3) is 0.310. The molecule has 3 heterocycles. The van der Waals surface area contributed by atoms with Crippen LogP contribution in [0.1, 0.15) is 55.5 Å². The average Bonchev–Trinajstić information content (AvgIpc) is 3.40. The van der Waals surface area contributed by atoms with Crippen LogP contribution in [0, 0.1) is 0 Å². The molecule has 9 nitrogen and oxygen atoms in total. The lowest BCUT2D eigenvalue weighted by Crippen LogP contribution is -2.41. The molecule has 40 heavy (non-hydrogen) atoms. The number of amides is 3. The first-order chi connectivity index (χ1) is 18.9. The predicted octanol–water partition coefficient (Wildman–Crippen LogP) is 6.46. The molecule has 1 saturated heterocycles. The fourth-order valence-corrected chi connectivity index (χ4v) is 5.35. The molecule has 2 aliphatic rings. The minimum Gasteiger partial charge on any atom is -0.453 e. The molecule has 2 aromatic carbocycles. The molecule has 2 aliphatic heterocycles. The van der Waals surface area contributed by atoms with Crippen LogP contribution in [0.15, 0.2) is 60.8 Å². The number of benzene rings is 2. The first-order valence-electron chi connectivity index (χ1n) is 13.0. The van der Waals surface area contributed by atoms with Crippen molar-refractivity contribution in [3.05, 3.63) is 77.2 Å². The summed E-state index contributed by atoms with van der Waals surface area (Å²) in [7, 11) is 1.29. The average molecular weight is 585 g/mol. The van der Waals surface area contributed by atoms with Gasteiger partial charge in [0, 0.05) is 35.7 Å². The summed E-state index contributed by atoms with van der Waals surface area (Å²) in [6.45, 7) is 0.601. The van der Waals surface area contributed by atoms with Crippen LogP contribution in [0.3, 0.4) is 0 Å². The number of nitrogens with zero attached hydrogens (tertiary/aromatic N) is 2. The van der Waals surface area contributed by atoms with Gasteiger partial charge in [0.25, 0.3) is 0 Å². The van der Waals surface area contributed by atoms with E-state index in [-0.39, 0.29) is 36.2 Å². The number of anilines is 2. The van der Waals surface area contributed by atoms with Crippen LogP contribution < -0.4 is 10.6 Å². The number of fused-ring (bicyclic) bond motifs is 4. The molecule has 1 unspecified atom stereocenters. The van der Waals surface area contributed by atoms with Crippen molar-refractivity contribution in [3.63, 3.8) is 0 Å². The molecule has 1 aromatic heterocycles. The summed E-state index contributed by atoms with van der Waals surface area (Å²) < 4.78 is 4.68. The Morgan fingerprint density at radius 1 is 1.18 bits per heavy atom. The number of carbonyl (C=O) groups excluding carboxylic acids is 3. The van der Waals surface area contributed by atoms with Gasteiger partial charge in [-0.1, -0.05) is 35.9 Å². The smallest absolute Gasteiger partial charge is 0.411 e. The number of rotatable bonds is 3. The highest BCUT2D eigenvalue weighted by Crippen LogP contribution is 2.36. The molecule has 3 amide bonds. The third-order valence-corrected chi connectivity index (χ3v) is 7.38. The van der Waals surface area contributed by atoms with Crippen LogP contribution in [0.2, 0.25) is 5.02 Å². The zero-order chi connectivity index (χ0) is 27.4. The normalized spacial score (nSPS) is 20.0. The number of likely N-dealkylation sites (tertiary alicyclic amines) is 1. The topological polar surface area (TPSA) is 116 Å². The predicted molar refractivity (Wildman–Crippen MR) is 157 cm³/mol. The molecule has 11 heteroatoms. The van der Waals surface area contributed by atoms with E-state index >= 15 is 0 Å². The van der Waals surface area contributed by atoms with Gasteiger partial charge in [-0.05, 0) is 61.1 Å². The Morgan fingerprint density at radius 2 is 2.02 bits per heavy atom. The summed E-state index contributed by atoms with van der Waals surface area (Å²) in [6, 6.07) is 12.7. The van der Waals surface area contributed by atoms with Crippen LogP contribution in [-0.4, -0.2) is 46.4 Å². The van der Waals surface area contributed by atoms with E-state index in [4.69, 9.17) is 11.6 Å². The molecule has 0 aliphatic carbocycles. The fourth-order valence-electron chi connectivity index (χ4n) is 5.15. The number of hydrogen-bond donors (Lipinski definition) is 3. The number of imidazole rings is 1. The molecule has 1 fully saturated rings. The molecule has 3 aromatic rings. The summed E-state index contributed by atoms with van der Waals surface area (Å²) >= 11 is 6.19. The monoisotopic (exact) mass is 583 g/mol. The number of aromatic nitrogens is 2. The van der Waals surface area contributed by atoms with E-state index in [0.29, 0.717) is 60.1 Å².